The summed E-state index contributed by atoms with van der Waals surface area (Å²) < 4.78 is 6.06. The number of para-hydroxylation sites is 1. The van der Waals surface area contributed by atoms with Crippen LogP contribution in [0.5, 0.6) is 5.75 Å². The summed E-state index contributed by atoms with van der Waals surface area (Å²) in [7, 11) is 1.90. The van der Waals surface area contributed by atoms with Crippen molar-refractivity contribution in [3.05, 3.63) is 54.6 Å². The van der Waals surface area contributed by atoms with Crippen LogP contribution in [0.3, 0.4) is 0 Å². The van der Waals surface area contributed by atoms with Crippen LogP contribution in [0.4, 0.5) is 11.4 Å². The third-order valence-corrected chi connectivity index (χ3v) is 7.85. The standard InChI is InChI=1S/C29H37N5O4/c1-31(26-10-11-27(35)30-29(26)37)22-6-5-7-23(20-22)33-18-16-32(17-19-33)21-28(36)34-14-12-25(13-15-34)38-24-8-3-2-4-9-24/h2-9,20,25-26H,10-19,21H2,1H3,(H,30,35,37). The lowest BCUT2D eigenvalue weighted by Crippen LogP contribution is -2.52. The first-order valence-electron chi connectivity index (χ1n) is 13.6. The number of likely N-dealkylation sites (tertiary alicyclic amines) is 1. The van der Waals surface area contributed by atoms with E-state index in [4.69, 9.17) is 4.74 Å². The Morgan fingerprint density at radius 1 is 0.947 bits per heavy atom. The second-order valence-corrected chi connectivity index (χ2v) is 10.4. The molecule has 0 saturated carbocycles. The topological polar surface area (TPSA) is 85.4 Å². The highest BCUT2D eigenvalue weighted by Gasteiger charge is 2.31. The Bertz CT molecular complexity index is 1130. The van der Waals surface area contributed by atoms with Gasteiger partial charge in [-0.05, 0) is 36.8 Å². The molecule has 2 aromatic carbocycles. The number of likely N-dealkylation sites (N-methyl/N-ethyl adjacent to an activating group) is 1. The summed E-state index contributed by atoms with van der Waals surface area (Å²) in [5, 5.41) is 2.44. The summed E-state index contributed by atoms with van der Waals surface area (Å²) in [6.45, 7) is 5.26. The fourth-order valence-corrected chi connectivity index (χ4v) is 5.51. The molecule has 3 heterocycles. The molecular formula is C29H37N5O4. The molecule has 3 aliphatic rings. The van der Waals surface area contributed by atoms with Crippen LogP contribution in [-0.4, -0.2) is 92.5 Å². The summed E-state index contributed by atoms with van der Waals surface area (Å²) in [4.78, 5) is 45.3. The normalized spacial score (nSPS) is 21.2. The predicted octanol–water partition coefficient (Wildman–Crippen LogP) is 2.12. The average molecular weight is 520 g/mol. The Hall–Kier alpha value is -3.59. The molecule has 202 valence electrons. The highest BCUT2D eigenvalue weighted by Crippen LogP contribution is 2.26. The first kappa shape index (κ1) is 26.0. The van der Waals surface area contributed by atoms with Gasteiger partial charge in [0.05, 0.1) is 6.54 Å². The smallest absolute Gasteiger partial charge is 0.249 e. The van der Waals surface area contributed by atoms with Crippen LogP contribution in [0.25, 0.3) is 0 Å². The van der Waals surface area contributed by atoms with E-state index >= 15 is 0 Å². The first-order chi connectivity index (χ1) is 18.5. The van der Waals surface area contributed by atoms with E-state index in [1.54, 1.807) is 0 Å². The zero-order chi connectivity index (χ0) is 26.5. The minimum atomic E-state index is -0.347. The van der Waals surface area contributed by atoms with Crippen LogP contribution in [0.2, 0.25) is 0 Å². The summed E-state index contributed by atoms with van der Waals surface area (Å²) in [5.74, 6) is 0.652. The Labute approximate surface area is 224 Å². The molecule has 0 bridgehead atoms. The number of rotatable bonds is 7. The molecule has 1 unspecified atom stereocenters. The molecule has 0 aliphatic carbocycles. The van der Waals surface area contributed by atoms with Gasteiger partial charge in [-0.25, -0.2) is 0 Å². The Morgan fingerprint density at radius 3 is 2.39 bits per heavy atom. The zero-order valence-electron chi connectivity index (χ0n) is 22.1. The van der Waals surface area contributed by atoms with Gasteiger partial charge in [-0.2, -0.15) is 0 Å². The number of carbonyl (C=O) groups excluding carboxylic acids is 3. The molecule has 0 aromatic heterocycles. The number of hydrogen-bond acceptors (Lipinski definition) is 7. The van der Waals surface area contributed by atoms with E-state index in [0.717, 1.165) is 69.2 Å². The summed E-state index contributed by atoms with van der Waals surface area (Å²) in [5.41, 5.74) is 2.06. The number of imide groups is 1. The van der Waals surface area contributed by atoms with Gasteiger partial charge in [0.2, 0.25) is 17.7 Å². The molecule has 1 N–H and O–H groups in total. The fraction of sp³-hybridized carbons (Fsp3) is 0.483. The van der Waals surface area contributed by atoms with Crippen molar-refractivity contribution in [2.75, 3.05) is 62.7 Å². The molecule has 3 amide bonds. The highest BCUT2D eigenvalue weighted by atomic mass is 16.5. The highest BCUT2D eigenvalue weighted by molar-refractivity contribution is 6.01. The van der Waals surface area contributed by atoms with E-state index < -0.39 is 0 Å². The number of nitrogens with one attached hydrogen (secondary N) is 1. The number of ether oxygens (including phenoxy) is 1. The van der Waals surface area contributed by atoms with Crippen LogP contribution in [0.1, 0.15) is 25.7 Å². The maximum Gasteiger partial charge on any atom is 0.249 e. The van der Waals surface area contributed by atoms with Crippen LogP contribution >= 0.6 is 0 Å². The largest absolute Gasteiger partial charge is 0.490 e. The van der Waals surface area contributed by atoms with E-state index in [-0.39, 0.29) is 29.9 Å². The Kier molecular flexibility index (Phi) is 8.12. The lowest BCUT2D eigenvalue weighted by molar-refractivity contribution is -0.135. The lowest BCUT2D eigenvalue weighted by Gasteiger charge is -2.38. The van der Waals surface area contributed by atoms with Crippen molar-refractivity contribution in [1.29, 1.82) is 0 Å². The number of anilines is 2. The monoisotopic (exact) mass is 519 g/mol. The molecule has 0 spiro atoms. The molecule has 3 fully saturated rings. The SMILES string of the molecule is CN(c1cccc(N2CCN(CC(=O)N3CCC(Oc4ccccc4)CC3)CC2)c1)C1CCC(=O)NC1=O. The van der Waals surface area contributed by atoms with Crippen LogP contribution in [-0.2, 0) is 14.4 Å². The van der Waals surface area contributed by atoms with Gasteiger partial charge in [0.1, 0.15) is 17.9 Å². The van der Waals surface area contributed by atoms with Crippen molar-refractivity contribution in [3.8, 4) is 5.75 Å². The number of piperazine rings is 1. The summed E-state index contributed by atoms with van der Waals surface area (Å²) in [6, 6.07) is 17.7. The lowest BCUT2D eigenvalue weighted by atomic mass is 10.0. The third kappa shape index (κ3) is 6.27. The molecule has 5 rings (SSSR count). The molecule has 0 radical (unpaired) electrons. The minimum Gasteiger partial charge on any atom is -0.490 e. The van der Waals surface area contributed by atoms with Crippen molar-refractivity contribution in [3.63, 3.8) is 0 Å². The van der Waals surface area contributed by atoms with Crippen LogP contribution in [0.15, 0.2) is 54.6 Å². The van der Waals surface area contributed by atoms with E-state index in [1.165, 1.54) is 0 Å². The van der Waals surface area contributed by atoms with Crippen molar-refractivity contribution in [1.82, 2.24) is 15.1 Å². The molecule has 3 aliphatic heterocycles. The summed E-state index contributed by atoms with van der Waals surface area (Å²) >= 11 is 0. The predicted molar refractivity (Wildman–Crippen MR) is 146 cm³/mol. The quantitative estimate of drug-likeness (QED) is 0.561. The number of amides is 3. The zero-order valence-corrected chi connectivity index (χ0v) is 22.1. The van der Waals surface area contributed by atoms with E-state index in [0.29, 0.717) is 19.4 Å². The van der Waals surface area contributed by atoms with Crippen LogP contribution < -0.4 is 19.9 Å². The van der Waals surface area contributed by atoms with Crippen molar-refractivity contribution in [2.45, 2.75) is 37.8 Å². The Morgan fingerprint density at radius 2 is 1.68 bits per heavy atom. The van der Waals surface area contributed by atoms with Crippen molar-refractivity contribution in [2.24, 2.45) is 0 Å². The van der Waals surface area contributed by atoms with Gasteiger partial charge in [-0.15, -0.1) is 0 Å². The number of nitrogens with zero attached hydrogens (tertiary/aromatic N) is 4. The summed E-state index contributed by atoms with van der Waals surface area (Å²) in [6.07, 6.45) is 2.77. The van der Waals surface area contributed by atoms with Gasteiger partial charge >= 0.3 is 0 Å². The number of carbonyl (C=O) groups is 3. The molecule has 38 heavy (non-hydrogen) atoms. The fourth-order valence-electron chi connectivity index (χ4n) is 5.51. The van der Waals surface area contributed by atoms with Crippen molar-refractivity contribution < 1.29 is 19.1 Å². The van der Waals surface area contributed by atoms with E-state index in [1.807, 2.05) is 59.3 Å². The molecule has 2 aromatic rings. The van der Waals surface area contributed by atoms with Crippen LogP contribution in [0, 0.1) is 0 Å². The first-order valence-corrected chi connectivity index (χ1v) is 13.6. The molecular weight excluding hydrogens is 482 g/mol. The van der Waals surface area contributed by atoms with Gasteiger partial charge in [0.25, 0.3) is 0 Å². The maximum atomic E-state index is 13.0. The number of hydrogen-bond donors (Lipinski definition) is 1. The second-order valence-electron chi connectivity index (χ2n) is 10.4. The van der Waals surface area contributed by atoms with Gasteiger partial charge in [-0.3, -0.25) is 24.6 Å². The molecule has 9 nitrogen and oxygen atoms in total. The van der Waals surface area contributed by atoms with E-state index in [9.17, 15) is 14.4 Å². The number of benzene rings is 2. The van der Waals surface area contributed by atoms with Gasteiger partial charge < -0.3 is 19.4 Å². The number of piperidine rings is 2. The van der Waals surface area contributed by atoms with Gasteiger partial charge in [-0.1, -0.05) is 24.3 Å². The molecule has 9 heteroatoms. The van der Waals surface area contributed by atoms with E-state index in [2.05, 4.69) is 27.2 Å². The second kappa shape index (κ2) is 11.9. The van der Waals surface area contributed by atoms with Gasteiger partial charge in [0.15, 0.2) is 0 Å². The minimum absolute atomic E-state index is 0.162. The Balaban J connectivity index is 1.08. The average Bonchev–Trinajstić information content (AvgIpc) is 2.94. The maximum absolute atomic E-state index is 13.0. The molecule has 3 saturated heterocycles. The third-order valence-electron chi connectivity index (χ3n) is 7.85. The van der Waals surface area contributed by atoms with Crippen molar-refractivity contribution >= 4 is 29.1 Å². The van der Waals surface area contributed by atoms with Gasteiger partial charge in [0, 0.05) is 77.0 Å². The molecule has 1 atom stereocenters.